The van der Waals surface area contributed by atoms with E-state index in [2.05, 4.69) is 50.1 Å². The second kappa shape index (κ2) is 6.55. The molecule has 2 aliphatic carbocycles. The fraction of sp³-hybridized carbons (Fsp3) is 0.471. The van der Waals surface area contributed by atoms with Crippen LogP contribution in [-0.2, 0) is 4.74 Å². The normalized spacial score (nSPS) is 20.3. The minimum Gasteiger partial charge on any atom is -0.466 e. The second-order valence-corrected chi connectivity index (χ2v) is 5.13. The van der Waals surface area contributed by atoms with Crippen LogP contribution in [0.5, 0.6) is 0 Å². The molecule has 0 fully saturated rings. The fourth-order valence-electron chi connectivity index (χ4n) is 2.32. The Bertz CT molecular complexity index is 489. The number of hydrogen-bond acceptors (Lipinski definition) is 2. The van der Waals surface area contributed by atoms with Gasteiger partial charge in [-0.25, -0.2) is 0 Å². The lowest BCUT2D eigenvalue weighted by molar-refractivity contribution is 0.274. The molecule has 0 unspecified atom stereocenters. The first-order chi connectivity index (χ1) is 9.19. The van der Waals surface area contributed by atoms with Crippen LogP contribution in [0.1, 0.15) is 46.5 Å². The van der Waals surface area contributed by atoms with E-state index in [0.717, 1.165) is 49.5 Å². The summed E-state index contributed by atoms with van der Waals surface area (Å²) < 4.78 is 5.96. The van der Waals surface area contributed by atoms with E-state index in [0.29, 0.717) is 0 Å². The predicted molar refractivity (Wildman–Crippen MR) is 81.2 cm³/mol. The van der Waals surface area contributed by atoms with E-state index in [4.69, 9.17) is 4.74 Å². The van der Waals surface area contributed by atoms with Gasteiger partial charge in [0, 0.05) is 25.1 Å². The summed E-state index contributed by atoms with van der Waals surface area (Å²) in [6.45, 7) is 7.18. The van der Waals surface area contributed by atoms with E-state index in [1.165, 1.54) is 11.1 Å². The zero-order valence-electron chi connectivity index (χ0n) is 12.2. The number of hydrogen-bond donors (Lipinski definition) is 0. The Kier molecular flexibility index (Phi) is 4.78. The highest BCUT2D eigenvalue weighted by Crippen LogP contribution is 2.26. The van der Waals surface area contributed by atoms with E-state index < -0.39 is 0 Å². The molecule has 2 rings (SSSR count). The van der Waals surface area contributed by atoms with Crippen molar-refractivity contribution in [3.05, 3.63) is 47.0 Å². The van der Waals surface area contributed by atoms with Crippen LogP contribution in [0.15, 0.2) is 52.0 Å². The number of allylic oxidation sites excluding steroid dienone is 8. The zero-order chi connectivity index (χ0) is 13.7. The molecule has 0 spiro atoms. The highest BCUT2D eigenvalue weighted by atomic mass is 16.5. The highest BCUT2D eigenvalue weighted by Gasteiger charge is 2.12. The van der Waals surface area contributed by atoms with Gasteiger partial charge in [-0.3, -0.25) is 4.99 Å². The molecule has 2 nitrogen and oxygen atoms in total. The largest absolute Gasteiger partial charge is 0.466 e. The summed E-state index contributed by atoms with van der Waals surface area (Å²) in [6.07, 6.45) is 12.6. The summed E-state index contributed by atoms with van der Waals surface area (Å²) in [6, 6.07) is 0. The van der Waals surface area contributed by atoms with Gasteiger partial charge in [0.15, 0.2) is 0 Å². The quantitative estimate of drug-likeness (QED) is 0.668. The Hall–Kier alpha value is -1.57. The van der Waals surface area contributed by atoms with Crippen molar-refractivity contribution in [3.8, 4) is 0 Å². The molecule has 0 atom stereocenters. The summed E-state index contributed by atoms with van der Waals surface area (Å²) in [5, 5.41) is 0. The molecular weight excluding hydrogens is 234 g/mol. The second-order valence-electron chi connectivity index (χ2n) is 5.13. The van der Waals surface area contributed by atoms with Crippen LogP contribution in [0.25, 0.3) is 0 Å². The fourth-order valence-corrected chi connectivity index (χ4v) is 2.32. The number of rotatable bonds is 4. The van der Waals surface area contributed by atoms with Crippen LogP contribution < -0.4 is 0 Å². The lowest BCUT2D eigenvalue weighted by atomic mass is 10.00. The first kappa shape index (κ1) is 13.9. The molecule has 0 aliphatic heterocycles. The van der Waals surface area contributed by atoms with Crippen molar-refractivity contribution in [1.82, 2.24) is 0 Å². The molecule has 0 amide bonds. The van der Waals surface area contributed by atoms with E-state index in [1.54, 1.807) is 0 Å². The monoisotopic (exact) mass is 257 g/mol. The summed E-state index contributed by atoms with van der Waals surface area (Å²) in [7, 11) is 0. The van der Waals surface area contributed by atoms with Gasteiger partial charge in [0.25, 0.3) is 0 Å². The van der Waals surface area contributed by atoms with E-state index in [-0.39, 0.29) is 0 Å². The molecule has 0 bridgehead atoms. The van der Waals surface area contributed by atoms with Crippen LogP contribution in [0.3, 0.4) is 0 Å². The third-order valence-electron chi connectivity index (χ3n) is 3.55. The van der Waals surface area contributed by atoms with Crippen LogP contribution in [-0.4, -0.2) is 12.3 Å². The Balaban J connectivity index is 1.99. The van der Waals surface area contributed by atoms with Crippen LogP contribution in [0.4, 0.5) is 0 Å². The van der Waals surface area contributed by atoms with Crippen molar-refractivity contribution in [2.45, 2.75) is 46.5 Å². The molecule has 102 valence electrons. The third-order valence-corrected chi connectivity index (χ3v) is 3.55. The van der Waals surface area contributed by atoms with Gasteiger partial charge in [0.2, 0.25) is 0 Å². The Morgan fingerprint density at radius 2 is 1.74 bits per heavy atom. The number of nitrogens with zero attached hydrogens (tertiary/aromatic N) is 1. The van der Waals surface area contributed by atoms with Gasteiger partial charge < -0.3 is 4.74 Å². The van der Waals surface area contributed by atoms with Gasteiger partial charge in [-0.2, -0.15) is 0 Å². The Labute approximate surface area is 116 Å². The van der Waals surface area contributed by atoms with E-state index in [1.807, 2.05) is 0 Å². The van der Waals surface area contributed by atoms with Gasteiger partial charge in [-0.1, -0.05) is 17.7 Å². The minimum absolute atomic E-state index is 0.856. The zero-order valence-corrected chi connectivity index (χ0v) is 12.2. The lowest BCUT2D eigenvalue weighted by Gasteiger charge is -2.19. The standard InChI is InChI=1S/C17H23NO/c1-4-18-14(3)15-7-11-17(12-8-15)19-16-9-5-13(2)6-10-16/h5,7,9,11H,4,6,8,10,12H2,1-3H3. The van der Waals surface area contributed by atoms with Crippen molar-refractivity contribution < 1.29 is 4.74 Å². The van der Waals surface area contributed by atoms with Gasteiger partial charge in [-0.15, -0.1) is 0 Å². The minimum atomic E-state index is 0.856. The van der Waals surface area contributed by atoms with E-state index >= 15 is 0 Å². The topological polar surface area (TPSA) is 21.6 Å². The molecule has 2 heteroatoms. The van der Waals surface area contributed by atoms with E-state index in [9.17, 15) is 0 Å². The molecule has 0 aromatic heterocycles. The van der Waals surface area contributed by atoms with Crippen molar-refractivity contribution >= 4 is 5.71 Å². The average molecular weight is 257 g/mol. The molecule has 2 aliphatic rings. The Morgan fingerprint density at radius 3 is 2.26 bits per heavy atom. The first-order valence-electron chi connectivity index (χ1n) is 7.14. The maximum Gasteiger partial charge on any atom is 0.104 e. The van der Waals surface area contributed by atoms with Crippen molar-refractivity contribution in [3.63, 3.8) is 0 Å². The number of ether oxygens (including phenoxy) is 1. The molecule has 0 aromatic rings. The molecule has 0 aromatic carbocycles. The highest BCUT2D eigenvalue weighted by molar-refractivity contribution is 5.98. The molecule has 0 radical (unpaired) electrons. The maximum atomic E-state index is 5.96. The smallest absolute Gasteiger partial charge is 0.104 e. The average Bonchev–Trinajstić information content (AvgIpc) is 2.42. The van der Waals surface area contributed by atoms with Crippen LogP contribution in [0, 0.1) is 0 Å². The molecule has 19 heavy (non-hydrogen) atoms. The molecular formula is C17H23NO. The van der Waals surface area contributed by atoms with Crippen molar-refractivity contribution in [1.29, 1.82) is 0 Å². The lowest BCUT2D eigenvalue weighted by Crippen LogP contribution is -2.05. The molecule has 0 saturated heterocycles. The van der Waals surface area contributed by atoms with Gasteiger partial charge in [-0.05, 0) is 51.3 Å². The first-order valence-corrected chi connectivity index (χ1v) is 7.14. The summed E-state index contributed by atoms with van der Waals surface area (Å²) in [5.41, 5.74) is 3.93. The summed E-state index contributed by atoms with van der Waals surface area (Å²) in [4.78, 5) is 4.46. The predicted octanol–water partition coefficient (Wildman–Crippen LogP) is 4.71. The molecule has 0 saturated carbocycles. The van der Waals surface area contributed by atoms with Crippen molar-refractivity contribution in [2.75, 3.05) is 6.54 Å². The Morgan fingerprint density at radius 1 is 1.05 bits per heavy atom. The SMILES string of the molecule is CCN=C(C)C1=CC=C(OC2=CC=C(C)CC2)CC1. The third kappa shape index (κ3) is 3.95. The van der Waals surface area contributed by atoms with Gasteiger partial charge >= 0.3 is 0 Å². The summed E-state index contributed by atoms with van der Waals surface area (Å²) >= 11 is 0. The van der Waals surface area contributed by atoms with Crippen molar-refractivity contribution in [2.24, 2.45) is 4.99 Å². The maximum absolute atomic E-state index is 5.96. The van der Waals surface area contributed by atoms with Crippen LogP contribution in [0.2, 0.25) is 0 Å². The van der Waals surface area contributed by atoms with Gasteiger partial charge in [0.05, 0.1) is 0 Å². The van der Waals surface area contributed by atoms with Gasteiger partial charge in [0.1, 0.15) is 11.5 Å². The molecule has 0 heterocycles. The summed E-state index contributed by atoms with van der Waals surface area (Å²) in [5.74, 6) is 2.17. The number of aliphatic imine (C=N–C) groups is 1. The molecule has 0 N–H and O–H groups in total. The van der Waals surface area contributed by atoms with Crippen LogP contribution >= 0.6 is 0 Å².